The molecule has 0 N–H and O–H groups in total. The van der Waals surface area contributed by atoms with Gasteiger partial charge < -0.3 is 4.42 Å². The van der Waals surface area contributed by atoms with Crippen molar-refractivity contribution >= 4 is 53.6 Å². The summed E-state index contributed by atoms with van der Waals surface area (Å²) in [7, 11) is 0. The van der Waals surface area contributed by atoms with E-state index < -0.39 is 0 Å². The van der Waals surface area contributed by atoms with Crippen LogP contribution < -0.4 is 0 Å². The van der Waals surface area contributed by atoms with E-state index in [2.05, 4.69) is 84.9 Å². The Morgan fingerprint density at radius 1 is 0.375 bits per heavy atom. The van der Waals surface area contributed by atoms with E-state index in [9.17, 15) is 0 Å². The Bertz CT molecular complexity index is 3190. The van der Waals surface area contributed by atoms with Crippen molar-refractivity contribution in [2.24, 2.45) is 0 Å². The molecule has 0 aliphatic carbocycles. The molecule has 0 radical (unpaired) electrons. The van der Waals surface area contributed by atoms with Gasteiger partial charge in [0.15, 0.2) is 23.3 Å². The third-order valence-corrected chi connectivity index (χ3v) is 11.3. The van der Waals surface area contributed by atoms with Crippen molar-refractivity contribution in [1.82, 2.24) is 24.9 Å². The van der Waals surface area contributed by atoms with Crippen LogP contribution in [0.1, 0.15) is 0 Å². The number of fused-ring (bicyclic) bond motifs is 6. The summed E-state index contributed by atoms with van der Waals surface area (Å²) in [4.78, 5) is 25.3. The second-order valence-corrected chi connectivity index (χ2v) is 14.7. The molecule has 0 spiro atoms. The lowest BCUT2D eigenvalue weighted by molar-refractivity contribution is 0.669. The smallest absolute Gasteiger partial charge is 0.164 e. The van der Waals surface area contributed by atoms with E-state index in [0.717, 1.165) is 82.2 Å². The molecule has 11 aromatic rings. The SMILES string of the molecule is c1ccc(-c2nc(-c3ccccc3)nc(-c3cccc(-c4ccc5c(c4)oc4cccc(-c6nc(-c7ccccc7)c7sc8ccccc8c7n6)c45)c3)n2)cc1. The van der Waals surface area contributed by atoms with Crippen molar-refractivity contribution in [2.75, 3.05) is 0 Å². The van der Waals surface area contributed by atoms with E-state index in [0.29, 0.717) is 23.3 Å². The summed E-state index contributed by atoms with van der Waals surface area (Å²) in [6, 6.07) is 59.8. The minimum atomic E-state index is 0.610. The highest BCUT2D eigenvalue weighted by molar-refractivity contribution is 7.26. The largest absolute Gasteiger partial charge is 0.456 e. The van der Waals surface area contributed by atoms with Gasteiger partial charge in [-0.2, -0.15) is 0 Å². The molecule has 11 rings (SSSR count). The number of rotatable bonds is 6. The average molecular weight is 736 g/mol. The van der Waals surface area contributed by atoms with Gasteiger partial charge in [-0.15, -0.1) is 11.3 Å². The second-order valence-electron chi connectivity index (χ2n) is 13.6. The molecule has 0 aliphatic rings. The lowest BCUT2D eigenvalue weighted by atomic mass is 10.00. The maximum absolute atomic E-state index is 6.59. The number of furan rings is 1. The Kier molecular flexibility index (Phi) is 7.57. The second kappa shape index (κ2) is 13.2. The molecule has 0 unspecified atom stereocenters. The van der Waals surface area contributed by atoms with Gasteiger partial charge in [0, 0.05) is 48.7 Å². The molecule has 0 fully saturated rings. The number of thiophene rings is 1. The van der Waals surface area contributed by atoms with E-state index in [1.807, 2.05) is 91.0 Å². The highest BCUT2D eigenvalue weighted by atomic mass is 32.1. The fraction of sp³-hybridized carbons (Fsp3) is 0. The summed E-state index contributed by atoms with van der Waals surface area (Å²) in [5.74, 6) is 2.54. The summed E-state index contributed by atoms with van der Waals surface area (Å²) in [5, 5.41) is 3.13. The first-order chi connectivity index (χ1) is 27.7. The van der Waals surface area contributed by atoms with Crippen molar-refractivity contribution < 1.29 is 4.42 Å². The first-order valence-electron chi connectivity index (χ1n) is 18.4. The number of hydrogen-bond acceptors (Lipinski definition) is 7. The monoisotopic (exact) mass is 735 g/mol. The van der Waals surface area contributed by atoms with Gasteiger partial charge in [-0.3, -0.25) is 0 Å². The normalized spacial score (nSPS) is 11.6. The van der Waals surface area contributed by atoms with Crippen LogP contribution in [-0.2, 0) is 0 Å². The van der Waals surface area contributed by atoms with Crippen LogP contribution in [0.2, 0.25) is 0 Å². The van der Waals surface area contributed by atoms with E-state index in [1.54, 1.807) is 11.3 Å². The molecular weight excluding hydrogens is 707 g/mol. The van der Waals surface area contributed by atoms with Gasteiger partial charge in [-0.05, 0) is 41.5 Å². The molecule has 7 aromatic carbocycles. The molecule has 4 aromatic heterocycles. The first kappa shape index (κ1) is 32.1. The summed E-state index contributed by atoms with van der Waals surface area (Å²) in [5.41, 5.74) is 10.3. The highest BCUT2D eigenvalue weighted by Gasteiger charge is 2.20. The predicted octanol–water partition coefficient (Wildman–Crippen LogP) is 12.9. The lowest BCUT2D eigenvalue weighted by Gasteiger charge is -2.10. The standard InChI is InChI=1S/C49H29N5OS/c1-4-14-30(15-5-1)43-45-44(37-22-10-11-25-41(37)56-45)51-49(50-43)38-23-13-24-39-42(38)36-27-26-34(29-40(36)55-39)33-20-12-21-35(28-33)48-53-46(31-16-6-2-7-17-31)52-47(54-48)32-18-8-3-9-19-32/h1-29H. The van der Waals surface area contributed by atoms with Crippen molar-refractivity contribution in [2.45, 2.75) is 0 Å². The van der Waals surface area contributed by atoms with E-state index >= 15 is 0 Å². The van der Waals surface area contributed by atoms with Crippen molar-refractivity contribution in [3.05, 3.63) is 176 Å². The van der Waals surface area contributed by atoms with Crippen LogP contribution in [0.4, 0.5) is 0 Å². The molecule has 4 heterocycles. The molecule has 7 heteroatoms. The first-order valence-corrected chi connectivity index (χ1v) is 19.2. The number of benzene rings is 7. The minimum Gasteiger partial charge on any atom is -0.456 e. The van der Waals surface area contributed by atoms with E-state index in [1.165, 1.54) is 4.70 Å². The zero-order valence-corrected chi connectivity index (χ0v) is 30.6. The van der Waals surface area contributed by atoms with E-state index in [-0.39, 0.29) is 0 Å². The lowest BCUT2D eigenvalue weighted by Crippen LogP contribution is -2.00. The van der Waals surface area contributed by atoms with Gasteiger partial charge in [0.05, 0.1) is 15.9 Å². The summed E-state index contributed by atoms with van der Waals surface area (Å²) in [6.45, 7) is 0. The molecule has 0 saturated carbocycles. The van der Waals surface area contributed by atoms with Crippen LogP contribution in [0, 0.1) is 0 Å². The van der Waals surface area contributed by atoms with Crippen LogP contribution in [0.25, 0.3) is 110 Å². The fourth-order valence-corrected chi connectivity index (χ4v) is 8.62. The van der Waals surface area contributed by atoms with Crippen molar-refractivity contribution in [3.63, 3.8) is 0 Å². The van der Waals surface area contributed by atoms with Crippen LogP contribution in [0.5, 0.6) is 0 Å². The molecular formula is C49H29N5OS. The Morgan fingerprint density at radius 2 is 0.964 bits per heavy atom. The Morgan fingerprint density at radius 3 is 1.70 bits per heavy atom. The summed E-state index contributed by atoms with van der Waals surface area (Å²) >= 11 is 1.74. The average Bonchev–Trinajstić information content (AvgIpc) is 3.85. The minimum absolute atomic E-state index is 0.610. The molecule has 0 saturated heterocycles. The molecule has 56 heavy (non-hydrogen) atoms. The van der Waals surface area contributed by atoms with Gasteiger partial charge >= 0.3 is 0 Å². The van der Waals surface area contributed by atoms with Crippen molar-refractivity contribution in [1.29, 1.82) is 0 Å². The van der Waals surface area contributed by atoms with Gasteiger partial charge in [0.25, 0.3) is 0 Å². The molecule has 0 bridgehead atoms. The molecule has 262 valence electrons. The molecule has 6 nitrogen and oxygen atoms in total. The van der Waals surface area contributed by atoms with Crippen LogP contribution in [-0.4, -0.2) is 24.9 Å². The Hall–Kier alpha value is -7.35. The number of aromatic nitrogens is 5. The van der Waals surface area contributed by atoms with Gasteiger partial charge in [0.2, 0.25) is 0 Å². The summed E-state index contributed by atoms with van der Waals surface area (Å²) < 4.78 is 8.87. The zero-order chi connectivity index (χ0) is 37.0. The third-order valence-electron chi connectivity index (χ3n) is 10.2. The maximum atomic E-state index is 6.59. The van der Waals surface area contributed by atoms with Gasteiger partial charge in [-0.1, -0.05) is 146 Å². The molecule has 0 atom stereocenters. The van der Waals surface area contributed by atoms with Crippen LogP contribution in [0.3, 0.4) is 0 Å². The highest BCUT2D eigenvalue weighted by Crippen LogP contribution is 2.42. The zero-order valence-electron chi connectivity index (χ0n) is 29.8. The third kappa shape index (κ3) is 5.52. The molecule has 0 aliphatic heterocycles. The maximum Gasteiger partial charge on any atom is 0.164 e. The summed E-state index contributed by atoms with van der Waals surface area (Å²) in [6.07, 6.45) is 0. The topological polar surface area (TPSA) is 77.6 Å². The van der Waals surface area contributed by atoms with Crippen LogP contribution in [0.15, 0.2) is 180 Å². The fourth-order valence-electron chi connectivity index (χ4n) is 7.47. The van der Waals surface area contributed by atoms with E-state index in [4.69, 9.17) is 29.3 Å². The number of nitrogens with zero attached hydrogens (tertiary/aromatic N) is 5. The number of hydrogen-bond donors (Lipinski definition) is 0. The van der Waals surface area contributed by atoms with Crippen molar-refractivity contribution in [3.8, 4) is 67.9 Å². The predicted molar refractivity (Wildman–Crippen MR) is 228 cm³/mol. The quantitative estimate of drug-likeness (QED) is 0.169. The molecule has 0 amide bonds. The van der Waals surface area contributed by atoms with Gasteiger partial charge in [0.1, 0.15) is 11.2 Å². The Labute approximate surface area is 325 Å². The Balaban J connectivity index is 1.03. The van der Waals surface area contributed by atoms with Gasteiger partial charge in [-0.25, -0.2) is 24.9 Å². The van der Waals surface area contributed by atoms with Crippen LogP contribution >= 0.6 is 11.3 Å².